The van der Waals surface area contributed by atoms with Crippen molar-refractivity contribution < 1.29 is 9.13 Å². The molecule has 3 aromatic heterocycles. The molecule has 1 atom stereocenters. The van der Waals surface area contributed by atoms with Crippen LogP contribution in [0, 0.1) is 11.7 Å². The summed E-state index contributed by atoms with van der Waals surface area (Å²) >= 11 is 0. The zero-order valence-electron chi connectivity index (χ0n) is 21.9. The number of halogens is 1. The van der Waals surface area contributed by atoms with Crippen LogP contribution in [-0.2, 0) is 6.42 Å². The van der Waals surface area contributed by atoms with Crippen LogP contribution in [0.4, 0.5) is 10.3 Å². The highest BCUT2D eigenvalue weighted by Gasteiger charge is 2.31. The van der Waals surface area contributed by atoms with Gasteiger partial charge in [0.05, 0.1) is 28.8 Å². The minimum Gasteiger partial charge on any atom is -0.474 e. The van der Waals surface area contributed by atoms with Crippen LogP contribution in [0.2, 0.25) is 0 Å². The molecule has 1 N–H and O–H groups in total. The summed E-state index contributed by atoms with van der Waals surface area (Å²) in [6.45, 7) is 1.29. The fourth-order valence-corrected chi connectivity index (χ4v) is 5.16. The molecule has 2 aliphatic rings. The summed E-state index contributed by atoms with van der Waals surface area (Å²) in [5.74, 6) is 2.45. The molecule has 8 nitrogen and oxygen atoms in total. The fraction of sp³-hybridized carbons (Fsp3) is 0.258. The van der Waals surface area contributed by atoms with E-state index in [0.29, 0.717) is 24.4 Å². The molecule has 1 unspecified atom stereocenters. The summed E-state index contributed by atoms with van der Waals surface area (Å²) < 4.78 is 22.1. The lowest BCUT2D eigenvalue weighted by Crippen LogP contribution is -2.16. The maximum atomic E-state index is 13.8. The third-order valence-corrected chi connectivity index (χ3v) is 7.45. The van der Waals surface area contributed by atoms with Crippen molar-refractivity contribution in [2.24, 2.45) is 5.92 Å². The lowest BCUT2D eigenvalue weighted by molar-refractivity contribution is 0.245. The standard InChI is InChI=1S/C31H28FN7O/c32-23-10-8-22(9-11-23)29-30(26-16-17-33-31(35-26)34-18-20-6-7-20)39-24(12-14-27(39)36-29)19-40-28-15-13-25(37-38-28)21-4-2-1-3-5-21/h1-5,8-11,13,15-17,20,24H,6-7,12,14,18-19H2,(H,33,34,35). The van der Waals surface area contributed by atoms with Crippen molar-refractivity contribution in [1.29, 1.82) is 0 Å². The molecule has 40 heavy (non-hydrogen) atoms. The minimum atomic E-state index is -0.281. The number of nitrogens with zero attached hydrogens (tertiary/aromatic N) is 6. The van der Waals surface area contributed by atoms with Gasteiger partial charge in [0, 0.05) is 36.4 Å². The van der Waals surface area contributed by atoms with Gasteiger partial charge >= 0.3 is 0 Å². The third-order valence-electron chi connectivity index (χ3n) is 7.45. The third kappa shape index (κ3) is 5.02. The molecule has 0 radical (unpaired) electrons. The number of anilines is 1. The van der Waals surface area contributed by atoms with E-state index in [-0.39, 0.29) is 11.9 Å². The van der Waals surface area contributed by atoms with Crippen molar-refractivity contribution >= 4 is 5.95 Å². The Labute approximate surface area is 231 Å². The molecule has 1 saturated carbocycles. The van der Waals surface area contributed by atoms with E-state index in [1.807, 2.05) is 48.5 Å². The highest BCUT2D eigenvalue weighted by atomic mass is 19.1. The molecule has 1 aliphatic heterocycles. The van der Waals surface area contributed by atoms with Gasteiger partial charge in [-0.2, -0.15) is 0 Å². The molecule has 200 valence electrons. The Bertz CT molecular complexity index is 1620. The van der Waals surface area contributed by atoms with Gasteiger partial charge in [0.15, 0.2) is 0 Å². The van der Waals surface area contributed by atoms with E-state index >= 15 is 0 Å². The lowest BCUT2D eigenvalue weighted by atomic mass is 10.1. The maximum absolute atomic E-state index is 13.8. The van der Waals surface area contributed by atoms with Crippen LogP contribution in [0.25, 0.3) is 33.9 Å². The molecule has 1 fully saturated rings. The summed E-state index contributed by atoms with van der Waals surface area (Å²) in [5, 5.41) is 12.0. The first-order chi connectivity index (χ1) is 19.7. The Morgan fingerprint density at radius 2 is 1.70 bits per heavy atom. The number of hydrogen-bond donors (Lipinski definition) is 1. The summed E-state index contributed by atoms with van der Waals surface area (Å²) in [7, 11) is 0. The average Bonchev–Trinajstić information content (AvgIpc) is 3.64. The SMILES string of the molecule is Fc1ccc(-c2nc3n(c2-c2ccnc(NCC4CC4)n2)C(COc2ccc(-c4ccccc4)nn2)CC3)cc1. The number of hydrogen-bond acceptors (Lipinski definition) is 7. The minimum absolute atomic E-state index is 0.0279. The molecule has 5 aromatic rings. The predicted octanol–water partition coefficient (Wildman–Crippen LogP) is 5.99. The molecule has 1 aliphatic carbocycles. The Hall–Kier alpha value is -4.66. The van der Waals surface area contributed by atoms with Crippen molar-refractivity contribution in [2.45, 2.75) is 31.7 Å². The van der Waals surface area contributed by atoms with E-state index in [4.69, 9.17) is 14.7 Å². The number of imidazole rings is 1. The number of aryl methyl sites for hydroxylation is 1. The number of rotatable bonds is 9. The number of nitrogens with one attached hydrogen (secondary N) is 1. The summed E-state index contributed by atoms with van der Waals surface area (Å²) in [6.07, 6.45) is 5.96. The van der Waals surface area contributed by atoms with Gasteiger partial charge in [0.1, 0.15) is 18.2 Å². The van der Waals surface area contributed by atoms with Crippen molar-refractivity contribution in [1.82, 2.24) is 29.7 Å². The van der Waals surface area contributed by atoms with Gasteiger partial charge in [-0.25, -0.2) is 19.3 Å². The second kappa shape index (κ2) is 10.5. The molecule has 7 rings (SSSR count). The topological polar surface area (TPSA) is 90.6 Å². The van der Waals surface area contributed by atoms with Crippen LogP contribution < -0.4 is 10.1 Å². The van der Waals surface area contributed by atoms with E-state index in [2.05, 4.69) is 25.1 Å². The smallest absolute Gasteiger partial charge is 0.233 e. The first-order valence-electron chi connectivity index (χ1n) is 13.7. The van der Waals surface area contributed by atoms with E-state index < -0.39 is 0 Å². The zero-order valence-corrected chi connectivity index (χ0v) is 21.9. The second-order valence-electron chi connectivity index (χ2n) is 10.3. The van der Waals surface area contributed by atoms with Gasteiger partial charge in [-0.05, 0) is 61.6 Å². The van der Waals surface area contributed by atoms with Crippen molar-refractivity contribution in [3.8, 4) is 39.8 Å². The van der Waals surface area contributed by atoms with Gasteiger partial charge in [-0.15, -0.1) is 10.2 Å². The number of benzene rings is 2. The van der Waals surface area contributed by atoms with Gasteiger partial charge in [0.2, 0.25) is 11.8 Å². The van der Waals surface area contributed by atoms with Crippen molar-refractivity contribution in [3.05, 3.63) is 90.6 Å². The number of fused-ring (bicyclic) bond motifs is 1. The normalized spacial score (nSPS) is 16.1. The molecule has 0 saturated heterocycles. The molecule has 9 heteroatoms. The van der Waals surface area contributed by atoms with E-state index in [1.165, 1.54) is 25.0 Å². The number of ether oxygens (including phenoxy) is 1. The summed E-state index contributed by atoms with van der Waals surface area (Å²) in [4.78, 5) is 14.3. The van der Waals surface area contributed by atoms with E-state index in [0.717, 1.165) is 59.1 Å². The molecule has 2 aromatic carbocycles. The highest BCUT2D eigenvalue weighted by Crippen LogP contribution is 2.39. The Kier molecular flexibility index (Phi) is 6.39. The Balaban J connectivity index is 1.18. The molecule has 0 amide bonds. The summed E-state index contributed by atoms with van der Waals surface area (Å²) in [6, 6.07) is 22.1. The van der Waals surface area contributed by atoms with Crippen LogP contribution >= 0.6 is 0 Å². The summed E-state index contributed by atoms with van der Waals surface area (Å²) in [5.41, 5.74) is 5.08. The van der Waals surface area contributed by atoms with E-state index in [9.17, 15) is 4.39 Å². The molecule has 0 spiro atoms. The van der Waals surface area contributed by atoms with E-state index in [1.54, 1.807) is 18.3 Å². The second-order valence-corrected chi connectivity index (χ2v) is 10.3. The first-order valence-corrected chi connectivity index (χ1v) is 13.7. The quantitative estimate of drug-likeness (QED) is 0.249. The fourth-order valence-electron chi connectivity index (χ4n) is 5.16. The maximum Gasteiger partial charge on any atom is 0.233 e. The predicted molar refractivity (Wildman–Crippen MR) is 150 cm³/mol. The molecular weight excluding hydrogens is 505 g/mol. The van der Waals surface area contributed by atoms with Crippen molar-refractivity contribution in [3.63, 3.8) is 0 Å². The van der Waals surface area contributed by atoms with Crippen LogP contribution in [0.1, 0.15) is 31.1 Å². The number of aromatic nitrogens is 6. The largest absolute Gasteiger partial charge is 0.474 e. The zero-order chi connectivity index (χ0) is 26.9. The van der Waals surface area contributed by atoms with Crippen molar-refractivity contribution in [2.75, 3.05) is 18.5 Å². The van der Waals surface area contributed by atoms with Gasteiger partial charge in [0.25, 0.3) is 0 Å². The monoisotopic (exact) mass is 533 g/mol. The van der Waals surface area contributed by atoms with Crippen LogP contribution in [0.5, 0.6) is 5.88 Å². The van der Waals surface area contributed by atoms with Crippen LogP contribution in [-0.4, -0.2) is 42.9 Å². The lowest BCUT2D eigenvalue weighted by Gasteiger charge is -2.18. The highest BCUT2D eigenvalue weighted by molar-refractivity contribution is 5.78. The Morgan fingerprint density at radius 1 is 0.850 bits per heavy atom. The first kappa shape index (κ1) is 24.4. The molecule has 4 heterocycles. The van der Waals surface area contributed by atoms with Crippen LogP contribution in [0.15, 0.2) is 79.0 Å². The molecular formula is C31H28FN7O. The van der Waals surface area contributed by atoms with Gasteiger partial charge in [-0.1, -0.05) is 30.3 Å². The average molecular weight is 534 g/mol. The molecule has 0 bridgehead atoms. The Morgan fingerprint density at radius 3 is 2.48 bits per heavy atom. The van der Waals surface area contributed by atoms with Crippen LogP contribution in [0.3, 0.4) is 0 Å². The van der Waals surface area contributed by atoms with Gasteiger partial charge in [-0.3, -0.25) is 0 Å². The van der Waals surface area contributed by atoms with Gasteiger partial charge < -0.3 is 14.6 Å².